The van der Waals surface area contributed by atoms with Crippen molar-refractivity contribution in [2.45, 2.75) is 91.4 Å². The van der Waals surface area contributed by atoms with Crippen LogP contribution in [0.25, 0.3) is 0 Å². The molecule has 0 radical (unpaired) electrons. The van der Waals surface area contributed by atoms with Crippen molar-refractivity contribution in [3.05, 3.63) is 0 Å². The summed E-state index contributed by atoms with van der Waals surface area (Å²) in [4.78, 5) is 0. The van der Waals surface area contributed by atoms with Gasteiger partial charge in [0.2, 0.25) is 0 Å². The molecule has 0 aromatic rings. The SMILES string of the molecule is CCCCC(CO)CC(CCCC)CC(CO)CCCC. The van der Waals surface area contributed by atoms with Crippen molar-refractivity contribution < 1.29 is 10.2 Å². The highest BCUT2D eigenvalue weighted by molar-refractivity contribution is 4.71. The van der Waals surface area contributed by atoms with Crippen LogP contribution in [0, 0.1) is 17.8 Å². The van der Waals surface area contributed by atoms with Crippen LogP contribution in [0.4, 0.5) is 0 Å². The molecule has 0 aromatic heterocycles. The molecule has 0 aliphatic heterocycles. The molecule has 0 aliphatic carbocycles. The second-order valence-electron chi connectivity index (χ2n) is 6.86. The van der Waals surface area contributed by atoms with Gasteiger partial charge in [0.05, 0.1) is 0 Å². The molecule has 128 valence electrons. The Morgan fingerprint density at radius 3 is 1.19 bits per heavy atom. The van der Waals surface area contributed by atoms with E-state index in [-0.39, 0.29) is 0 Å². The highest BCUT2D eigenvalue weighted by Crippen LogP contribution is 2.29. The minimum atomic E-state index is 0.335. The van der Waals surface area contributed by atoms with Crippen LogP contribution in [0.5, 0.6) is 0 Å². The smallest absolute Gasteiger partial charge is 0.0459 e. The molecule has 0 rings (SSSR count). The molecule has 0 amide bonds. The lowest BCUT2D eigenvalue weighted by atomic mass is 9.81. The van der Waals surface area contributed by atoms with Gasteiger partial charge in [0.25, 0.3) is 0 Å². The molecule has 0 heterocycles. The maximum atomic E-state index is 9.61. The van der Waals surface area contributed by atoms with E-state index in [2.05, 4.69) is 20.8 Å². The van der Waals surface area contributed by atoms with Crippen molar-refractivity contribution in [1.82, 2.24) is 0 Å². The molecule has 2 N–H and O–H groups in total. The second kappa shape index (κ2) is 14.8. The monoisotopic (exact) mass is 300 g/mol. The summed E-state index contributed by atoms with van der Waals surface area (Å²) in [6, 6.07) is 0. The lowest BCUT2D eigenvalue weighted by Crippen LogP contribution is -2.18. The van der Waals surface area contributed by atoms with Gasteiger partial charge in [-0.15, -0.1) is 0 Å². The molecule has 2 heteroatoms. The summed E-state index contributed by atoms with van der Waals surface area (Å²) in [7, 11) is 0. The van der Waals surface area contributed by atoms with Crippen molar-refractivity contribution in [3.63, 3.8) is 0 Å². The van der Waals surface area contributed by atoms with E-state index in [1.54, 1.807) is 0 Å². The van der Waals surface area contributed by atoms with Gasteiger partial charge in [-0.3, -0.25) is 0 Å². The van der Waals surface area contributed by atoms with Crippen LogP contribution in [0.2, 0.25) is 0 Å². The van der Waals surface area contributed by atoms with Gasteiger partial charge in [0.15, 0.2) is 0 Å². The highest BCUT2D eigenvalue weighted by atomic mass is 16.3. The summed E-state index contributed by atoms with van der Waals surface area (Å²) in [5.74, 6) is 1.63. The Morgan fingerprint density at radius 1 is 0.571 bits per heavy atom. The van der Waals surface area contributed by atoms with Crippen molar-refractivity contribution in [2.75, 3.05) is 13.2 Å². The summed E-state index contributed by atoms with van der Waals surface area (Å²) in [5, 5.41) is 19.2. The molecule has 0 saturated carbocycles. The quantitative estimate of drug-likeness (QED) is 0.438. The van der Waals surface area contributed by atoms with Gasteiger partial charge >= 0.3 is 0 Å². The molecular formula is C19H40O2. The number of hydrogen-bond donors (Lipinski definition) is 2. The summed E-state index contributed by atoms with van der Waals surface area (Å²) < 4.78 is 0. The maximum absolute atomic E-state index is 9.61. The Labute approximate surface area is 133 Å². The second-order valence-corrected chi connectivity index (χ2v) is 6.86. The maximum Gasteiger partial charge on any atom is 0.0459 e. The fourth-order valence-electron chi connectivity index (χ4n) is 3.32. The van der Waals surface area contributed by atoms with Gasteiger partial charge in [0.1, 0.15) is 0 Å². The molecule has 0 spiro atoms. The molecule has 2 atom stereocenters. The first-order chi connectivity index (χ1) is 10.2. The topological polar surface area (TPSA) is 40.5 Å². The standard InChI is InChI=1S/C19H40O2/c1-4-7-10-17(13-18(15-20)11-8-5-2)14-19(16-21)12-9-6-3/h17-21H,4-16H2,1-3H3. The molecule has 2 nitrogen and oxygen atoms in total. The van der Waals surface area contributed by atoms with Crippen LogP contribution in [0.15, 0.2) is 0 Å². The van der Waals surface area contributed by atoms with Gasteiger partial charge in [-0.2, -0.15) is 0 Å². The third-order valence-electron chi connectivity index (χ3n) is 4.75. The lowest BCUT2D eigenvalue weighted by Gasteiger charge is -2.26. The molecule has 0 saturated heterocycles. The minimum Gasteiger partial charge on any atom is -0.396 e. The zero-order chi connectivity index (χ0) is 15.9. The van der Waals surface area contributed by atoms with E-state index in [9.17, 15) is 10.2 Å². The van der Waals surface area contributed by atoms with E-state index in [1.165, 1.54) is 44.9 Å². The summed E-state index contributed by atoms with van der Waals surface area (Å²) in [5.41, 5.74) is 0. The van der Waals surface area contributed by atoms with E-state index >= 15 is 0 Å². The van der Waals surface area contributed by atoms with Gasteiger partial charge in [-0.1, -0.05) is 65.7 Å². The number of aliphatic hydroxyl groups excluding tert-OH is 2. The van der Waals surface area contributed by atoms with Gasteiger partial charge in [-0.05, 0) is 43.4 Å². The van der Waals surface area contributed by atoms with Gasteiger partial charge in [-0.25, -0.2) is 0 Å². The first-order valence-corrected chi connectivity index (χ1v) is 9.43. The third kappa shape index (κ3) is 11.2. The van der Waals surface area contributed by atoms with E-state index < -0.39 is 0 Å². The number of hydrogen-bond acceptors (Lipinski definition) is 2. The fourth-order valence-corrected chi connectivity index (χ4v) is 3.32. The minimum absolute atomic E-state index is 0.335. The molecule has 0 aliphatic rings. The molecule has 0 bridgehead atoms. The molecular weight excluding hydrogens is 260 g/mol. The zero-order valence-corrected chi connectivity index (χ0v) is 14.8. The molecule has 21 heavy (non-hydrogen) atoms. The average Bonchev–Trinajstić information content (AvgIpc) is 2.52. The number of unbranched alkanes of at least 4 members (excludes halogenated alkanes) is 3. The van der Waals surface area contributed by atoms with Crippen LogP contribution in [-0.4, -0.2) is 23.4 Å². The molecule has 0 fully saturated rings. The summed E-state index contributed by atoms with van der Waals surface area (Å²) in [6.45, 7) is 7.35. The van der Waals surface area contributed by atoms with Crippen molar-refractivity contribution in [3.8, 4) is 0 Å². The summed E-state index contributed by atoms with van der Waals surface area (Å²) >= 11 is 0. The Morgan fingerprint density at radius 2 is 0.905 bits per heavy atom. The first kappa shape index (κ1) is 20.9. The Kier molecular flexibility index (Phi) is 14.8. The average molecular weight is 301 g/mol. The largest absolute Gasteiger partial charge is 0.396 e. The van der Waals surface area contributed by atoms with Crippen LogP contribution < -0.4 is 0 Å². The van der Waals surface area contributed by atoms with Crippen LogP contribution in [0.1, 0.15) is 91.4 Å². The summed E-state index contributed by atoms with van der Waals surface area (Å²) in [6.07, 6.45) is 13.3. The highest BCUT2D eigenvalue weighted by Gasteiger charge is 2.19. The van der Waals surface area contributed by atoms with Crippen molar-refractivity contribution in [1.29, 1.82) is 0 Å². The van der Waals surface area contributed by atoms with Crippen molar-refractivity contribution >= 4 is 0 Å². The number of rotatable bonds is 15. The van der Waals surface area contributed by atoms with E-state index in [1.807, 2.05) is 0 Å². The van der Waals surface area contributed by atoms with Crippen LogP contribution in [-0.2, 0) is 0 Å². The predicted octanol–water partition coefficient (Wildman–Crippen LogP) is 5.17. The van der Waals surface area contributed by atoms with E-state index in [4.69, 9.17) is 0 Å². The van der Waals surface area contributed by atoms with E-state index in [0.717, 1.165) is 25.7 Å². The Hall–Kier alpha value is -0.0800. The Bertz CT molecular complexity index is 188. The first-order valence-electron chi connectivity index (χ1n) is 9.43. The molecule has 0 aromatic carbocycles. The lowest BCUT2D eigenvalue weighted by molar-refractivity contribution is 0.151. The third-order valence-corrected chi connectivity index (χ3v) is 4.75. The van der Waals surface area contributed by atoms with Gasteiger partial charge in [0, 0.05) is 13.2 Å². The van der Waals surface area contributed by atoms with Crippen LogP contribution >= 0.6 is 0 Å². The fraction of sp³-hybridized carbons (Fsp3) is 1.00. The van der Waals surface area contributed by atoms with Gasteiger partial charge < -0.3 is 10.2 Å². The van der Waals surface area contributed by atoms with Crippen LogP contribution in [0.3, 0.4) is 0 Å². The number of aliphatic hydroxyl groups is 2. The molecule has 2 unspecified atom stereocenters. The predicted molar refractivity (Wildman–Crippen MR) is 92.5 cm³/mol. The normalized spacial score (nSPS) is 15.9. The zero-order valence-electron chi connectivity index (χ0n) is 14.8. The Balaban J connectivity index is 4.38. The van der Waals surface area contributed by atoms with Crippen molar-refractivity contribution in [2.24, 2.45) is 17.8 Å². The van der Waals surface area contributed by atoms with E-state index in [0.29, 0.717) is 31.0 Å².